The van der Waals surface area contributed by atoms with Crippen LogP contribution < -0.4 is 9.46 Å². The number of nitrogens with one attached hydrogen (secondary N) is 1. The summed E-state index contributed by atoms with van der Waals surface area (Å²) in [6, 6.07) is 20.0. The molecule has 0 radical (unpaired) electrons. The monoisotopic (exact) mass is 371 g/mol. The van der Waals surface area contributed by atoms with Crippen LogP contribution in [0.3, 0.4) is 0 Å². The van der Waals surface area contributed by atoms with Crippen LogP contribution >= 0.6 is 0 Å². The van der Waals surface area contributed by atoms with E-state index in [0.29, 0.717) is 11.1 Å². The van der Waals surface area contributed by atoms with Gasteiger partial charge in [-0.3, -0.25) is 0 Å². The van der Waals surface area contributed by atoms with E-state index in [9.17, 15) is 8.42 Å². The molecule has 3 rings (SSSR count). The molecule has 0 bridgehead atoms. The topological polar surface area (TPSA) is 64.6 Å². The lowest BCUT2D eigenvalue weighted by Crippen LogP contribution is -2.29. The molecule has 0 aliphatic carbocycles. The Balaban J connectivity index is 1.84. The molecule has 26 heavy (non-hydrogen) atoms. The summed E-state index contributed by atoms with van der Waals surface area (Å²) in [5.41, 5.74) is 0.840. The zero-order valence-electron chi connectivity index (χ0n) is 14.7. The van der Waals surface area contributed by atoms with Gasteiger partial charge in [0.2, 0.25) is 10.0 Å². The van der Waals surface area contributed by atoms with E-state index in [1.54, 1.807) is 32.4 Å². The van der Waals surface area contributed by atoms with Crippen LogP contribution in [-0.2, 0) is 14.8 Å². The Hall–Kier alpha value is -2.41. The predicted molar refractivity (Wildman–Crippen MR) is 102 cm³/mol. The number of ether oxygens (including phenoxy) is 2. The van der Waals surface area contributed by atoms with E-state index in [-0.39, 0.29) is 11.4 Å². The maximum Gasteiger partial charge on any atom is 0.241 e. The SMILES string of the molecule is COc1cccc(C(CNS(=O)(=O)c2cccc3ccccc23)OC)c1. The van der Waals surface area contributed by atoms with Gasteiger partial charge in [0.1, 0.15) is 5.75 Å². The predicted octanol–water partition coefficient (Wildman–Crippen LogP) is 3.51. The van der Waals surface area contributed by atoms with Crippen LogP contribution in [0.15, 0.2) is 71.6 Å². The van der Waals surface area contributed by atoms with Crippen molar-refractivity contribution in [3.63, 3.8) is 0 Å². The molecule has 0 saturated carbocycles. The number of sulfonamides is 1. The van der Waals surface area contributed by atoms with Crippen LogP contribution in [-0.4, -0.2) is 29.2 Å². The van der Waals surface area contributed by atoms with Crippen molar-refractivity contribution in [1.29, 1.82) is 0 Å². The van der Waals surface area contributed by atoms with Gasteiger partial charge in [-0.1, -0.05) is 48.5 Å². The van der Waals surface area contributed by atoms with Crippen molar-refractivity contribution in [3.05, 3.63) is 72.3 Å². The maximum absolute atomic E-state index is 12.8. The summed E-state index contributed by atoms with van der Waals surface area (Å²) in [4.78, 5) is 0.260. The van der Waals surface area contributed by atoms with E-state index in [0.717, 1.165) is 10.9 Å². The summed E-state index contributed by atoms with van der Waals surface area (Å²) in [6.07, 6.45) is -0.421. The van der Waals surface area contributed by atoms with Crippen molar-refractivity contribution < 1.29 is 17.9 Å². The number of fused-ring (bicyclic) bond motifs is 1. The average molecular weight is 371 g/mol. The van der Waals surface area contributed by atoms with E-state index in [1.165, 1.54) is 0 Å². The van der Waals surface area contributed by atoms with E-state index in [2.05, 4.69) is 4.72 Å². The van der Waals surface area contributed by atoms with Gasteiger partial charge < -0.3 is 9.47 Å². The lowest BCUT2D eigenvalue weighted by Gasteiger charge is -2.18. The van der Waals surface area contributed by atoms with Crippen LogP contribution in [0, 0.1) is 0 Å². The average Bonchev–Trinajstić information content (AvgIpc) is 2.68. The highest BCUT2D eigenvalue weighted by Crippen LogP contribution is 2.24. The summed E-state index contributed by atoms with van der Waals surface area (Å²) in [5, 5.41) is 1.57. The van der Waals surface area contributed by atoms with Crippen LogP contribution in [0.1, 0.15) is 11.7 Å². The van der Waals surface area contributed by atoms with Crippen molar-refractivity contribution in [2.24, 2.45) is 0 Å². The van der Waals surface area contributed by atoms with Gasteiger partial charge in [0.25, 0.3) is 0 Å². The van der Waals surface area contributed by atoms with Gasteiger partial charge in [0.05, 0.1) is 18.1 Å². The fourth-order valence-corrected chi connectivity index (χ4v) is 4.13. The molecule has 0 saturated heterocycles. The third-order valence-corrected chi connectivity index (χ3v) is 5.73. The zero-order chi connectivity index (χ0) is 18.6. The highest BCUT2D eigenvalue weighted by atomic mass is 32.2. The number of benzene rings is 3. The molecule has 1 unspecified atom stereocenters. The first-order valence-corrected chi connectivity index (χ1v) is 9.67. The summed E-state index contributed by atoms with van der Waals surface area (Å²) < 4.78 is 39.0. The summed E-state index contributed by atoms with van der Waals surface area (Å²) in [7, 11) is -0.538. The smallest absolute Gasteiger partial charge is 0.241 e. The van der Waals surface area contributed by atoms with Crippen molar-refractivity contribution in [2.45, 2.75) is 11.0 Å². The third-order valence-electron chi connectivity index (χ3n) is 4.25. The van der Waals surface area contributed by atoms with Gasteiger partial charge in [0.15, 0.2) is 0 Å². The van der Waals surface area contributed by atoms with Crippen molar-refractivity contribution in [3.8, 4) is 5.75 Å². The molecular formula is C20H21NO4S. The quantitative estimate of drug-likeness (QED) is 0.690. The van der Waals surface area contributed by atoms with Crippen LogP contribution in [0.2, 0.25) is 0 Å². The first-order valence-electron chi connectivity index (χ1n) is 8.19. The molecule has 0 heterocycles. The Morgan fingerprint density at radius 2 is 1.69 bits per heavy atom. The maximum atomic E-state index is 12.8. The molecule has 5 nitrogen and oxygen atoms in total. The summed E-state index contributed by atoms with van der Waals surface area (Å²) >= 11 is 0. The molecule has 3 aromatic carbocycles. The number of rotatable bonds is 7. The van der Waals surface area contributed by atoms with E-state index in [4.69, 9.17) is 9.47 Å². The lowest BCUT2D eigenvalue weighted by molar-refractivity contribution is 0.107. The fraction of sp³-hybridized carbons (Fsp3) is 0.200. The van der Waals surface area contributed by atoms with Crippen LogP contribution in [0.5, 0.6) is 5.75 Å². The van der Waals surface area contributed by atoms with Crippen molar-refractivity contribution >= 4 is 20.8 Å². The van der Waals surface area contributed by atoms with Crippen molar-refractivity contribution in [2.75, 3.05) is 20.8 Å². The number of methoxy groups -OCH3 is 2. The zero-order valence-corrected chi connectivity index (χ0v) is 15.5. The molecule has 0 aliphatic rings. The van der Waals surface area contributed by atoms with E-state index >= 15 is 0 Å². The first-order chi connectivity index (χ1) is 12.5. The largest absolute Gasteiger partial charge is 0.497 e. The molecule has 6 heteroatoms. The van der Waals surface area contributed by atoms with Gasteiger partial charge in [-0.25, -0.2) is 13.1 Å². The van der Waals surface area contributed by atoms with Gasteiger partial charge in [-0.15, -0.1) is 0 Å². The van der Waals surface area contributed by atoms with Crippen molar-refractivity contribution in [1.82, 2.24) is 4.72 Å². The van der Waals surface area contributed by atoms with Crippen LogP contribution in [0.4, 0.5) is 0 Å². The molecule has 0 spiro atoms. The Morgan fingerprint density at radius 1 is 0.962 bits per heavy atom. The molecule has 0 aliphatic heterocycles. The standard InChI is InChI=1S/C20H21NO4S/c1-24-17-10-5-9-16(13-17)19(25-2)14-21-26(22,23)20-12-6-8-15-7-3-4-11-18(15)20/h3-13,19,21H,14H2,1-2H3. The molecular weight excluding hydrogens is 350 g/mol. The Morgan fingerprint density at radius 3 is 2.46 bits per heavy atom. The minimum atomic E-state index is -3.68. The van der Waals surface area contributed by atoms with Gasteiger partial charge >= 0.3 is 0 Å². The summed E-state index contributed by atoms with van der Waals surface area (Å²) in [5.74, 6) is 0.696. The molecule has 3 aromatic rings. The number of hydrogen-bond donors (Lipinski definition) is 1. The second kappa shape index (κ2) is 7.86. The minimum Gasteiger partial charge on any atom is -0.497 e. The Kier molecular flexibility index (Phi) is 5.56. The first kappa shape index (κ1) is 18.4. The molecule has 1 atom stereocenters. The Labute approximate surface area is 153 Å². The van der Waals surface area contributed by atoms with Gasteiger partial charge in [-0.2, -0.15) is 0 Å². The molecule has 0 fully saturated rings. The molecule has 1 N–H and O–H groups in total. The Bertz CT molecular complexity index is 996. The van der Waals surface area contributed by atoms with E-state index in [1.807, 2.05) is 48.5 Å². The second-order valence-electron chi connectivity index (χ2n) is 5.83. The third kappa shape index (κ3) is 3.88. The highest BCUT2D eigenvalue weighted by molar-refractivity contribution is 7.89. The number of hydrogen-bond acceptors (Lipinski definition) is 4. The summed E-state index contributed by atoms with van der Waals surface area (Å²) in [6.45, 7) is 0.120. The highest BCUT2D eigenvalue weighted by Gasteiger charge is 2.20. The minimum absolute atomic E-state index is 0.120. The lowest BCUT2D eigenvalue weighted by atomic mass is 10.1. The molecule has 0 amide bonds. The fourth-order valence-electron chi connectivity index (χ4n) is 2.87. The molecule has 0 aromatic heterocycles. The van der Waals surface area contributed by atoms with Crippen LogP contribution in [0.25, 0.3) is 10.8 Å². The van der Waals surface area contributed by atoms with Gasteiger partial charge in [0, 0.05) is 19.0 Å². The second-order valence-corrected chi connectivity index (χ2v) is 7.57. The normalized spacial score (nSPS) is 12.8. The van der Waals surface area contributed by atoms with E-state index < -0.39 is 16.1 Å². The van der Waals surface area contributed by atoms with Gasteiger partial charge in [-0.05, 0) is 29.1 Å². The molecule has 136 valence electrons.